The maximum absolute atomic E-state index is 12.5. The topological polar surface area (TPSA) is 92.4 Å². The number of rotatable bonds is 4. The van der Waals surface area contributed by atoms with Gasteiger partial charge in [0.2, 0.25) is 0 Å². The fourth-order valence-electron chi connectivity index (χ4n) is 2.29. The predicted molar refractivity (Wildman–Crippen MR) is 77.0 cm³/mol. The second kappa shape index (κ2) is 5.94. The van der Waals surface area contributed by atoms with Crippen molar-refractivity contribution in [2.75, 3.05) is 20.3 Å². The van der Waals surface area contributed by atoms with Gasteiger partial charge in [-0.1, -0.05) is 13.8 Å². The molecule has 0 aromatic carbocycles. The van der Waals surface area contributed by atoms with Gasteiger partial charge < -0.3 is 9.64 Å². The molecule has 1 aromatic rings. The van der Waals surface area contributed by atoms with E-state index in [1.807, 2.05) is 0 Å². The normalized spacial score (nSPS) is 19.2. The Kier molecular flexibility index (Phi) is 4.60. The molecule has 9 heteroatoms. The van der Waals surface area contributed by atoms with Crippen molar-refractivity contribution >= 4 is 25.6 Å². The van der Waals surface area contributed by atoms with Crippen LogP contribution in [-0.2, 0) is 13.8 Å². The Balaban J connectivity index is 2.41. The van der Waals surface area contributed by atoms with E-state index in [0.29, 0.717) is 25.3 Å². The van der Waals surface area contributed by atoms with Crippen molar-refractivity contribution in [2.45, 2.75) is 37.1 Å². The molecule has 1 aromatic heterocycles. The molecule has 21 heavy (non-hydrogen) atoms. The summed E-state index contributed by atoms with van der Waals surface area (Å²) in [5.41, 5.74) is 0.174. The Morgan fingerprint density at radius 3 is 2.67 bits per heavy atom. The van der Waals surface area contributed by atoms with Crippen molar-refractivity contribution in [3.63, 3.8) is 0 Å². The van der Waals surface area contributed by atoms with Crippen molar-refractivity contribution < 1.29 is 17.9 Å². The Bertz CT molecular complexity index is 635. The number of ether oxygens (including phenoxy) is 1. The van der Waals surface area contributed by atoms with Gasteiger partial charge in [0, 0.05) is 24.3 Å². The Morgan fingerprint density at radius 2 is 2.19 bits per heavy atom. The minimum Gasteiger partial charge on any atom is -0.379 e. The molecule has 0 spiro atoms. The Morgan fingerprint density at radius 1 is 1.52 bits per heavy atom. The molecule has 0 radical (unpaired) electrons. The zero-order valence-electron chi connectivity index (χ0n) is 12.1. The summed E-state index contributed by atoms with van der Waals surface area (Å²) in [6.07, 6.45) is 0.715. The first kappa shape index (κ1) is 16.3. The maximum Gasteiger partial charge on any atom is 0.275 e. The summed E-state index contributed by atoms with van der Waals surface area (Å²) in [4.78, 5) is 13.7. The number of halogens is 1. The highest BCUT2D eigenvalue weighted by atomic mass is 35.7. The molecule has 1 fully saturated rings. The molecule has 118 valence electrons. The molecule has 1 aliphatic heterocycles. The third-order valence-corrected chi connectivity index (χ3v) is 4.91. The van der Waals surface area contributed by atoms with Crippen LogP contribution in [0.4, 0.5) is 0 Å². The van der Waals surface area contributed by atoms with E-state index < -0.39 is 15.0 Å². The first-order valence-corrected chi connectivity index (χ1v) is 8.92. The number of amides is 1. The van der Waals surface area contributed by atoms with Crippen LogP contribution in [0.25, 0.3) is 0 Å². The number of nitrogens with one attached hydrogen (secondary N) is 1. The largest absolute Gasteiger partial charge is 0.379 e. The molecule has 1 saturated heterocycles. The molecule has 1 N–H and O–H groups in total. The van der Waals surface area contributed by atoms with Gasteiger partial charge in [0.1, 0.15) is 4.90 Å². The third kappa shape index (κ3) is 3.22. The second-order valence-electron chi connectivity index (χ2n) is 5.34. The molecule has 0 saturated carbocycles. The summed E-state index contributed by atoms with van der Waals surface area (Å²) in [7, 11) is 3.02. The molecule has 0 aliphatic carbocycles. The molecule has 1 amide bonds. The molecular formula is C12H18ClN3O4S. The lowest BCUT2D eigenvalue weighted by Crippen LogP contribution is -2.38. The minimum atomic E-state index is -4.07. The summed E-state index contributed by atoms with van der Waals surface area (Å²) >= 11 is 0. The number of nitrogens with zero attached hydrogens (tertiary/aromatic N) is 2. The molecule has 2 rings (SSSR count). The molecule has 1 atom stereocenters. The summed E-state index contributed by atoms with van der Waals surface area (Å²) in [5, 5.41) is 6.49. The number of carbonyl (C=O) groups is 1. The van der Waals surface area contributed by atoms with Gasteiger partial charge in [-0.15, -0.1) is 0 Å². The van der Waals surface area contributed by atoms with E-state index in [2.05, 4.69) is 10.2 Å². The van der Waals surface area contributed by atoms with E-state index in [9.17, 15) is 13.2 Å². The molecular weight excluding hydrogens is 318 g/mol. The highest BCUT2D eigenvalue weighted by molar-refractivity contribution is 8.13. The van der Waals surface area contributed by atoms with Crippen molar-refractivity contribution in [1.29, 1.82) is 0 Å². The summed E-state index contributed by atoms with van der Waals surface area (Å²) in [6, 6.07) is -0.0809. The smallest absolute Gasteiger partial charge is 0.275 e. The maximum atomic E-state index is 12.5. The van der Waals surface area contributed by atoms with Crippen molar-refractivity contribution in [2.24, 2.45) is 0 Å². The minimum absolute atomic E-state index is 0.0809. The van der Waals surface area contributed by atoms with E-state index in [1.54, 1.807) is 20.9 Å². The molecule has 7 nitrogen and oxygen atoms in total. The fourth-order valence-corrected chi connectivity index (χ4v) is 3.67. The standard InChI is InChI=1S/C12H18ClN3O4S/c1-7(2)9-11(21(13,18)19)10(15-14-9)12(17)16(3)8-4-5-20-6-8/h7-8H,4-6H2,1-3H3,(H,14,15). The zero-order chi connectivity index (χ0) is 15.8. The van der Waals surface area contributed by atoms with Crippen molar-refractivity contribution in [3.05, 3.63) is 11.4 Å². The van der Waals surface area contributed by atoms with Gasteiger partial charge in [-0.25, -0.2) is 8.42 Å². The highest BCUT2D eigenvalue weighted by Gasteiger charge is 2.33. The van der Waals surface area contributed by atoms with Crippen LogP contribution in [0.3, 0.4) is 0 Å². The zero-order valence-corrected chi connectivity index (χ0v) is 13.7. The fraction of sp³-hybridized carbons (Fsp3) is 0.667. The van der Waals surface area contributed by atoms with Gasteiger partial charge in [0.05, 0.1) is 18.3 Å². The van der Waals surface area contributed by atoms with E-state index in [0.717, 1.165) is 0 Å². The molecule has 0 bridgehead atoms. The quantitative estimate of drug-likeness (QED) is 0.838. The third-order valence-electron chi connectivity index (χ3n) is 3.55. The van der Waals surface area contributed by atoms with Crippen LogP contribution in [0.15, 0.2) is 4.90 Å². The number of hydrogen-bond donors (Lipinski definition) is 1. The molecule has 1 aliphatic rings. The first-order valence-electron chi connectivity index (χ1n) is 6.61. The monoisotopic (exact) mass is 335 g/mol. The Labute approximate surface area is 128 Å². The van der Waals surface area contributed by atoms with Crippen molar-refractivity contribution in [3.8, 4) is 0 Å². The molecule has 1 unspecified atom stereocenters. The number of aromatic nitrogens is 2. The second-order valence-corrected chi connectivity index (χ2v) is 7.84. The van der Waals surface area contributed by atoms with Gasteiger partial charge >= 0.3 is 0 Å². The predicted octanol–water partition coefficient (Wildman–Crippen LogP) is 1.32. The van der Waals surface area contributed by atoms with Crippen LogP contribution in [-0.4, -0.2) is 55.7 Å². The summed E-state index contributed by atoms with van der Waals surface area (Å²) in [6.45, 7) is 4.61. The lowest BCUT2D eigenvalue weighted by Gasteiger charge is -2.22. The average molecular weight is 336 g/mol. The van der Waals surface area contributed by atoms with Gasteiger partial charge in [-0.3, -0.25) is 9.89 Å². The van der Waals surface area contributed by atoms with Crippen molar-refractivity contribution in [1.82, 2.24) is 15.1 Å². The van der Waals surface area contributed by atoms with E-state index in [1.165, 1.54) is 4.90 Å². The van der Waals surface area contributed by atoms with Gasteiger partial charge in [-0.2, -0.15) is 5.10 Å². The highest BCUT2D eigenvalue weighted by Crippen LogP contribution is 2.29. The average Bonchev–Trinajstić information content (AvgIpc) is 3.04. The number of aromatic amines is 1. The SMILES string of the molecule is CC(C)c1[nH]nc(C(=O)N(C)C2CCOC2)c1S(=O)(=O)Cl. The van der Waals surface area contributed by atoms with E-state index in [4.69, 9.17) is 15.4 Å². The lowest BCUT2D eigenvalue weighted by atomic mass is 10.1. The van der Waals surface area contributed by atoms with Gasteiger partial charge in [-0.05, 0) is 12.3 Å². The van der Waals surface area contributed by atoms with E-state index >= 15 is 0 Å². The van der Waals surface area contributed by atoms with E-state index in [-0.39, 0.29) is 22.5 Å². The van der Waals surface area contributed by atoms with Gasteiger partial charge in [0.15, 0.2) is 5.69 Å². The summed E-state index contributed by atoms with van der Waals surface area (Å²) < 4.78 is 28.8. The van der Waals surface area contributed by atoms with Crippen LogP contribution in [0.1, 0.15) is 42.4 Å². The van der Waals surface area contributed by atoms with Crippen LogP contribution in [0.5, 0.6) is 0 Å². The Hall–Kier alpha value is -1.12. The van der Waals surface area contributed by atoms with Crippen LogP contribution >= 0.6 is 10.7 Å². The van der Waals surface area contributed by atoms with Gasteiger partial charge in [0.25, 0.3) is 15.0 Å². The number of likely N-dealkylation sites (N-methyl/N-ethyl adjacent to an activating group) is 1. The number of carbonyl (C=O) groups excluding carboxylic acids is 1. The lowest BCUT2D eigenvalue weighted by molar-refractivity contribution is 0.0701. The summed E-state index contributed by atoms with van der Waals surface area (Å²) in [5.74, 6) is -0.629. The van der Waals surface area contributed by atoms with Crippen LogP contribution < -0.4 is 0 Å². The van der Waals surface area contributed by atoms with Crippen LogP contribution in [0.2, 0.25) is 0 Å². The van der Waals surface area contributed by atoms with Crippen LogP contribution in [0, 0.1) is 0 Å². The number of H-pyrrole nitrogens is 1. The number of hydrogen-bond acceptors (Lipinski definition) is 5. The first-order chi connectivity index (χ1) is 9.73. The molecule has 2 heterocycles.